The minimum atomic E-state index is -4.96. The van der Waals surface area contributed by atoms with Crippen LogP contribution in [0.1, 0.15) is 42.3 Å². The molecule has 0 spiro atoms. The summed E-state index contributed by atoms with van der Waals surface area (Å²) < 4.78 is 22.3. The lowest BCUT2D eigenvalue weighted by atomic mass is 10.2. The fourth-order valence-electron chi connectivity index (χ4n) is 5.90. The highest BCUT2D eigenvalue weighted by molar-refractivity contribution is 7.95. The summed E-state index contributed by atoms with van der Waals surface area (Å²) >= 11 is 0. The summed E-state index contributed by atoms with van der Waals surface area (Å²) in [4.78, 5) is 31.0. The smallest absolute Gasteiger partial charge is 0.385 e. The third kappa shape index (κ3) is 8.15. The molecular formula is C34H40N2O8P2+2. The number of nitrogens with one attached hydrogen (secondary N) is 1. The van der Waals surface area contributed by atoms with Crippen molar-refractivity contribution in [2.24, 2.45) is 0 Å². The summed E-state index contributed by atoms with van der Waals surface area (Å²) in [5.74, 6) is -0.312. The zero-order valence-electron chi connectivity index (χ0n) is 25.3. The topological polar surface area (TPSA) is 149 Å². The summed E-state index contributed by atoms with van der Waals surface area (Å²) in [6, 6.07) is 35.6. The van der Waals surface area contributed by atoms with Gasteiger partial charge in [0.2, 0.25) is 6.29 Å². The Hall–Kier alpha value is -3.30. The Morgan fingerprint density at radius 3 is 1.87 bits per heavy atom. The van der Waals surface area contributed by atoms with E-state index in [0.29, 0.717) is 12.1 Å². The van der Waals surface area contributed by atoms with Gasteiger partial charge in [-0.3, -0.25) is 14.1 Å². The number of aromatic nitrogens is 1. The van der Waals surface area contributed by atoms with Crippen molar-refractivity contribution in [3.05, 3.63) is 121 Å². The molecule has 1 saturated heterocycles. The fraction of sp³-hybridized carbons (Fsp3) is 0.294. The Morgan fingerprint density at radius 1 is 0.783 bits per heavy atom. The second kappa shape index (κ2) is 15.5. The van der Waals surface area contributed by atoms with Crippen molar-refractivity contribution >= 4 is 36.9 Å². The van der Waals surface area contributed by atoms with Crippen LogP contribution in [0.15, 0.2) is 116 Å². The number of benzene rings is 3. The van der Waals surface area contributed by atoms with Crippen molar-refractivity contribution in [3.63, 3.8) is 0 Å². The molecule has 1 fully saturated rings. The third-order valence-electron chi connectivity index (χ3n) is 8.11. The van der Waals surface area contributed by atoms with Gasteiger partial charge in [0.05, 0.1) is 6.16 Å². The lowest BCUT2D eigenvalue weighted by Crippen LogP contribution is -2.46. The molecule has 1 aromatic heterocycles. The first-order valence-corrected chi connectivity index (χ1v) is 18.8. The van der Waals surface area contributed by atoms with E-state index in [-0.39, 0.29) is 5.91 Å². The van der Waals surface area contributed by atoms with Crippen molar-refractivity contribution in [3.8, 4) is 0 Å². The molecule has 10 nitrogen and oxygen atoms in total. The molecule has 0 bridgehead atoms. The summed E-state index contributed by atoms with van der Waals surface area (Å²) in [7, 11) is -6.83. The molecule has 242 valence electrons. The monoisotopic (exact) mass is 666 g/mol. The lowest BCUT2D eigenvalue weighted by Gasteiger charge is -2.27. The maximum absolute atomic E-state index is 12.9. The van der Waals surface area contributed by atoms with Crippen LogP contribution in [0.4, 0.5) is 0 Å². The minimum Gasteiger partial charge on any atom is -0.385 e. The number of aliphatic hydroxyl groups is 2. The Bertz CT molecular complexity index is 1510. The number of rotatable bonds is 14. The minimum absolute atomic E-state index is 0.301. The van der Waals surface area contributed by atoms with Gasteiger partial charge in [0.1, 0.15) is 34.8 Å². The van der Waals surface area contributed by atoms with E-state index in [4.69, 9.17) is 14.5 Å². The molecule has 4 atom stereocenters. The second-order valence-corrected chi connectivity index (χ2v) is 16.0. The Labute approximate surface area is 269 Å². The van der Waals surface area contributed by atoms with Crippen LogP contribution >= 0.6 is 15.1 Å². The molecule has 1 aliphatic heterocycles. The van der Waals surface area contributed by atoms with E-state index >= 15 is 0 Å². The number of nitrogens with zero attached hydrogens (tertiary/aromatic N) is 1. The van der Waals surface area contributed by atoms with Gasteiger partial charge in [-0.25, -0.2) is 4.57 Å². The van der Waals surface area contributed by atoms with Crippen molar-refractivity contribution in [2.45, 2.75) is 50.4 Å². The second-order valence-electron chi connectivity index (χ2n) is 11.2. The van der Waals surface area contributed by atoms with Crippen molar-refractivity contribution < 1.29 is 43.2 Å². The Morgan fingerprint density at radius 2 is 1.33 bits per heavy atom. The van der Waals surface area contributed by atoms with Crippen LogP contribution < -0.4 is 25.8 Å². The SMILES string of the molecule is O=C(NCCCCCC[P+](c1ccccc1)(c1ccccc1)c1ccccc1)c1ccc[n+]([C@@H]2O[C@H](OP(=O)(O)O)[C@@H](O)[C@H]2O)c1. The van der Waals surface area contributed by atoms with Gasteiger partial charge in [-0.1, -0.05) is 61.0 Å². The summed E-state index contributed by atoms with van der Waals surface area (Å²) in [6.07, 6.45) is 1.66. The van der Waals surface area contributed by atoms with Crippen molar-refractivity contribution in [2.75, 3.05) is 12.7 Å². The van der Waals surface area contributed by atoms with Crippen LogP contribution in [0, 0.1) is 0 Å². The van der Waals surface area contributed by atoms with E-state index in [1.165, 1.54) is 32.9 Å². The quantitative estimate of drug-likeness (QED) is 0.0784. The molecule has 1 amide bonds. The van der Waals surface area contributed by atoms with E-state index in [0.717, 1.165) is 31.8 Å². The number of carbonyl (C=O) groups is 1. The zero-order valence-corrected chi connectivity index (χ0v) is 27.1. The molecule has 3 aromatic carbocycles. The first-order chi connectivity index (χ1) is 22.2. The Kier molecular flexibility index (Phi) is 11.5. The average Bonchev–Trinajstić information content (AvgIpc) is 3.34. The molecule has 0 radical (unpaired) electrons. The number of hydrogen-bond acceptors (Lipinski definition) is 6. The summed E-state index contributed by atoms with van der Waals surface area (Å²) in [6.45, 7) is 0.490. The molecule has 46 heavy (non-hydrogen) atoms. The number of unbranched alkanes of at least 4 members (excludes halogenated alkanes) is 3. The number of phosphoric acid groups is 1. The van der Waals surface area contributed by atoms with Gasteiger partial charge in [-0.15, -0.1) is 0 Å². The molecule has 12 heteroatoms. The van der Waals surface area contributed by atoms with Crippen LogP contribution in [0.2, 0.25) is 0 Å². The first kappa shape index (κ1) is 34.0. The molecule has 0 aliphatic carbocycles. The van der Waals surface area contributed by atoms with E-state index in [9.17, 15) is 19.6 Å². The molecule has 1 aliphatic rings. The fourth-order valence-corrected chi connectivity index (χ4v) is 10.8. The maximum Gasteiger partial charge on any atom is 0.472 e. The van der Waals surface area contributed by atoms with E-state index in [1.54, 1.807) is 12.1 Å². The first-order valence-electron chi connectivity index (χ1n) is 15.3. The molecule has 0 unspecified atom stereocenters. The molecule has 5 rings (SSSR count). The number of pyridine rings is 1. The van der Waals surface area contributed by atoms with Gasteiger partial charge in [0.15, 0.2) is 18.5 Å². The summed E-state index contributed by atoms with van der Waals surface area (Å²) in [5.41, 5.74) is 0.301. The van der Waals surface area contributed by atoms with Crippen molar-refractivity contribution in [1.29, 1.82) is 0 Å². The van der Waals surface area contributed by atoms with Crippen LogP contribution in [0.5, 0.6) is 0 Å². The number of hydrogen-bond donors (Lipinski definition) is 5. The average molecular weight is 667 g/mol. The number of ether oxygens (including phenoxy) is 1. The van der Waals surface area contributed by atoms with E-state index in [2.05, 4.69) is 101 Å². The van der Waals surface area contributed by atoms with Gasteiger partial charge < -0.3 is 25.3 Å². The molecule has 4 aromatic rings. The normalized spacial score (nSPS) is 20.0. The molecule has 0 saturated carbocycles. The predicted octanol–water partition coefficient (Wildman–Crippen LogP) is 2.94. The zero-order chi connectivity index (χ0) is 32.6. The number of aliphatic hydroxyl groups excluding tert-OH is 2. The molecule has 5 N–H and O–H groups in total. The number of carbonyl (C=O) groups excluding carboxylic acids is 1. The maximum atomic E-state index is 12.9. The standard InChI is InChI=1S/C34H38N2O8P2/c37-30-31(38)34(44-46(40,41)42)43-33(30)36-23-14-15-26(25-36)32(39)35-22-12-1-2-13-24-45(27-16-6-3-7-17-27,28-18-8-4-9-19-28)29-20-10-5-11-21-29/h3-11,14-21,23,25,30-31,33-34,37-38H,1-2,12-13,22,24H2,(H-2,35,39,40,41,42)/p+2/t30-,31+,33-,34-/m1/s1. The third-order valence-corrected chi connectivity index (χ3v) is 13.1. The lowest BCUT2D eigenvalue weighted by molar-refractivity contribution is -0.767. The van der Waals surface area contributed by atoms with Gasteiger partial charge >= 0.3 is 7.82 Å². The highest BCUT2D eigenvalue weighted by atomic mass is 31.2. The predicted molar refractivity (Wildman–Crippen MR) is 177 cm³/mol. The Balaban J connectivity index is 1.16. The van der Waals surface area contributed by atoms with Gasteiger partial charge in [0, 0.05) is 12.6 Å². The molecular weight excluding hydrogens is 626 g/mol. The van der Waals surface area contributed by atoms with E-state index < -0.39 is 39.8 Å². The van der Waals surface area contributed by atoms with Gasteiger partial charge in [-0.05, 0) is 61.7 Å². The van der Waals surface area contributed by atoms with Gasteiger partial charge in [-0.2, -0.15) is 4.57 Å². The number of phosphoric ester groups is 1. The largest absolute Gasteiger partial charge is 0.472 e. The van der Waals surface area contributed by atoms with Gasteiger partial charge in [0.25, 0.3) is 12.1 Å². The van der Waals surface area contributed by atoms with E-state index in [1.807, 2.05) is 0 Å². The summed E-state index contributed by atoms with van der Waals surface area (Å²) in [5, 5.41) is 27.5. The van der Waals surface area contributed by atoms with Crippen LogP contribution in [0.3, 0.4) is 0 Å². The molecule has 2 heterocycles. The highest BCUT2D eigenvalue weighted by Crippen LogP contribution is 2.56. The van der Waals surface area contributed by atoms with Crippen LogP contribution in [-0.4, -0.2) is 57.1 Å². The van der Waals surface area contributed by atoms with Crippen LogP contribution in [-0.2, 0) is 13.8 Å². The highest BCUT2D eigenvalue weighted by Gasteiger charge is 2.51. The number of amides is 1. The van der Waals surface area contributed by atoms with Crippen molar-refractivity contribution in [1.82, 2.24) is 5.32 Å². The van der Waals surface area contributed by atoms with Crippen LogP contribution in [0.25, 0.3) is 0 Å².